The van der Waals surface area contributed by atoms with Gasteiger partial charge in [-0.25, -0.2) is 0 Å². The summed E-state index contributed by atoms with van der Waals surface area (Å²) in [5.74, 6) is 0.472. The van der Waals surface area contributed by atoms with E-state index in [0.29, 0.717) is 5.92 Å². The fraction of sp³-hybridized carbons (Fsp3) is 0.217. The van der Waals surface area contributed by atoms with Crippen molar-refractivity contribution in [2.45, 2.75) is 29.1 Å². The second kappa shape index (κ2) is 5.82. The van der Waals surface area contributed by atoms with E-state index in [1.165, 1.54) is 26.5 Å². The molecule has 1 aliphatic rings. The van der Waals surface area contributed by atoms with Crippen LogP contribution in [0, 0.1) is 5.92 Å². The van der Waals surface area contributed by atoms with E-state index in [-0.39, 0.29) is 16.3 Å². The second-order valence-electron chi connectivity index (χ2n) is 6.83. The minimum Gasteiger partial charge on any atom is -0.0622 e. The summed E-state index contributed by atoms with van der Waals surface area (Å²) in [5.41, 5.74) is 4.29. The molecular weight excluding hydrogens is 308 g/mol. The lowest BCUT2D eigenvalue weighted by Gasteiger charge is -2.42. The fourth-order valence-electron chi connectivity index (χ4n) is 4.35. The number of rotatable bonds is 2. The van der Waals surface area contributed by atoms with Crippen molar-refractivity contribution >= 4 is 10.9 Å². The van der Waals surface area contributed by atoms with Gasteiger partial charge in [-0.3, -0.25) is 0 Å². The summed E-state index contributed by atoms with van der Waals surface area (Å²) < 4.78 is 0. The van der Waals surface area contributed by atoms with Gasteiger partial charge in [-0.2, -0.15) is 0 Å². The predicted molar refractivity (Wildman–Crippen MR) is 104 cm³/mol. The molecule has 0 radical (unpaired) electrons. The zero-order valence-corrected chi connectivity index (χ0v) is 15.3. The Kier molecular flexibility index (Phi) is 3.77. The van der Waals surface area contributed by atoms with Crippen molar-refractivity contribution in [3.63, 3.8) is 0 Å². The van der Waals surface area contributed by atoms with Crippen molar-refractivity contribution in [3.05, 3.63) is 95.6 Å². The Hall–Kier alpha value is -1.99. The molecule has 0 fully saturated rings. The Morgan fingerprint density at radius 2 is 1.12 bits per heavy atom. The molecule has 0 aliphatic carbocycles. The first-order valence-corrected chi connectivity index (χ1v) is 10.2. The average Bonchev–Trinajstić information content (AvgIpc) is 2.63. The van der Waals surface area contributed by atoms with E-state index < -0.39 is 0 Å². The first-order chi connectivity index (χ1) is 11.7. The molecule has 0 atom stereocenters. The smallest absolute Gasteiger partial charge is 0.0622 e. The molecule has 1 heterocycles. The molecule has 1 heteroatoms. The van der Waals surface area contributed by atoms with Gasteiger partial charge >= 0.3 is 0 Å². The third-order valence-electron chi connectivity index (χ3n) is 5.38. The summed E-state index contributed by atoms with van der Waals surface area (Å²) in [6.45, 7) is 4.72. The maximum Gasteiger partial charge on any atom is 0.164 e. The van der Waals surface area contributed by atoms with E-state index in [1.807, 2.05) is 0 Å². The Bertz CT molecular complexity index is 816. The monoisotopic (exact) mass is 331 g/mol. The Morgan fingerprint density at radius 1 is 0.667 bits per heavy atom. The van der Waals surface area contributed by atoms with Crippen molar-refractivity contribution < 1.29 is 0 Å². The van der Waals surface area contributed by atoms with Gasteiger partial charge in [0.1, 0.15) is 6.26 Å². The van der Waals surface area contributed by atoms with Gasteiger partial charge in [0.15, 0.2) is 9.79 Å². The van der Waals surface area contributed by atoms with Gasteiger partial charge in [-0.05, 0) is 23.6 Å². The van der Waals surface area contributed by atoms with E-state index in [1.54, 1.807) is 0 Å². The van der Waals surface area contributed by atoms with Crippen LogP contribution < -0.4 is 0 Å². The van der Waals surface area contributed by atoms with E-state index in [2.05, 4.69) is 99.0 Å². The van der Waals surface area contributed by atoms with E-state index in [9.17, 15) is 0 Å². The van der Waals surface area contributed by atoms with Crippen LogP contribution in [-0.4, -0.2) is 6.26 Å². The molecule has 24 heavy (non-hydrogen) atoms. The van der Waals surface area contributed by atoms with Gasteiger partial charge in [0, 0.05) is 11.1 Å². The molecule has 120 valence electrons. The minimum absolute atomic E-state index is 0.0754. The van der Waals surface area contributed by atoms with Gasteiger partial charge in [0.25, 0.3) is 0 Å². The van der Waals surface area contributed by atoms with Crippen LogP contribution >= 0.6 is 0 Å². The normalized spacial score (nSPS) is 22.1. The van der Waals surface area contributed by atoms with Crippen molar-refractivity contribution in [1.29, 1.82) is 0 Å². The topological polar surface area (TPSA) is 0 Å². The molecule has 0 bridgehead atoms. The van der Waals surface area contributed by atoms with Crippen molar-refractivity contribution in [3.8, 4) is 0 Å². The molecule has 0 nitrogen and oxygen atoms in total. The van der Waals surface area contributed by atoms with Crippen LogP contribution in [0.3, 0.4) is 0 Å². The average molecular weight is 332 g/mol. The molecule has 4 rings (SSSR count). The van der Waals surface area contributed by atoms with Crippen LogP contribution in [0.4, 0.5) is 0 Å². The van der Waals surface area contributed by atoms with Gasteiger partial charge < -0.3 is 0 Å². The van der Waals surface area contributed by atoms with Crippen LogP contribution in [0.25, 0.3) is 0 Å². The fourth-order valence-corrected chi connectivity index (χ4v) is 6.27. The van der Waals surface area contributed by atoms with Crippen LogP contribution in [-0.2, 0) is 16.3 Å². The first-order valence-electron chi connectivity index (χ1n) is 8.58. The SMILES string of the molecule is CC(C)C1(c2ccccc2)c2ccccc2[S+](C)c2ccccc21. The molecule has 1 aliphatic heterocycles. The predicted octanol–water partition coefficient (Wildman–Crippen LogP) is 5.66. The highest BCUT2D eigenvalue weighted by Gasteiger charge is 2.50. The molecule has 0 unspecified atom stereocenters. The summed E-state index contributed by atoms with van der Waals surface area (Å²) in [4.78, 5) is 2.99. The summed E-state index contributed by atoms with van der Waals surface area (Å²) in [7, 11) is 0.123. The number of hydrogen-bond acceptors (Lipinski definition) is 0. The molecule has 0 amide bonds. The van der Waals surface area contributed by atoms with E-state index in [4.69, 9.17) is 0 Å². The van der Waals surface area contributed by atoms with Gasteiger partial charge in [0.05, 0.1) is 16.3 Å². The van der Waals surface area contributed by atoms with Gasteiger partial charge in [0.2, 0.25) is 0 Å². The van der Waals surface area contributed by atoms with Gasteiger partial charge in [-0.1, -0.05) is 80.6 Å². The third-order valence-corrected chi connectivity index (χ3v) is 7.41. The van der Waals surface area contributed by atoms with Crippen molar-refractivity contribution in [1.82, 2.24) is 0 Å². The summed E-state index contributed by atoms with van der Waals surface area (Å²) in [6, 6.07) is 29.2. The summed E-state index contributed by atoms with van der Waals surface area (Å²) in [6.07, 6.45) is 2.37. The van der Waals surface area contributed by atoms with Gasteiger partial charge in [-0.15, -0.1) is 0 Å². The Balaban J connectivity index is 2.16. The molecule has 0 saturated heterocycles. The number of hydrogen-bond donors (Lipinski definition) is 0. The standard InChI is InChI=1S/C23H23S/c1-17(2)23(18-11-5-4-6-12-18)19-13-7-9-15-21(19)24(3)22-16-10-8-14-20(22)23/h4-17H,1-3H3/q+1. The van der Waals surface area contributed by atoms with E-state index >= 15 is 0 Å². The molecule has 0 saturated carbocycles. The maximum absolute atomic E-state index is 2.37. The second-order valence-corrected chi connectivity index (χ2v) is 8.73. The van der Waals surface area contributed by atoms with Crippen LogP contribution in [0.5, 0.6) is 0 Å². The van der Waals surface area contributed by atoms with Crippen LogP contribution in [0.2, 0.25) is 0 Å². The zero-order chi connectivity index (χ0) is 16.7. The minimum atomic E-state index is -0.0754. The highest BCUT2D eigenvalue weighted by Crippen LogP contribution is 2.53. The highest BCUT2D eigenvalue weighted by molar-refractivity contribution is 7.96. The number of fused-ring (bicyclic) bond motifs is 2. The van der Waals surface area contributed by atoms with Crippen molar-refractivity contribution in [2.75, 3.05) is 6.26 Å². The molecule has 0 N–H and O–H groups in total. The lowest BCUT2D eigenvalue weighted by atomic mass is 9.62. The zero-order valence-electron chi connectivity index (χ0n) is 14.5. The Labute approximate surface area is 147 Å². The molecule has 0 spiro atoms. The molecular formula is C23H23S+. The molecule has 0 aromatic heterocycles. The number of benzene rings is 3. The molecule has 3 aromatic carbocycles. The molecule has 3 aromatic rings. The summed E-state index contributed by atoms with van der Waals surface area (Å²) in [5, 5.41) is 0. The largest absolute Gasteiger partial charge is 0.164 e. The third kappa shape index (κ3) is 2.01. The first kappa shape index (κ1) is 15.5. The summed E-state index contributed by atoms with van der Waals surface area (Å²) >= 11 is 0. The van der Waals surface area contributed by atoms with Crippen LogP contribution in [0.1, 0.15) is 30.5 Å². The Morgan fingerprint density at radius 3 is 1.62 bits per heavy atom. The maximum atomic E-state index is 2.37. The highest BCUT2D eigenvalue weighted by atomic mass is 32.2. The quantitative estimate of drug-likeness (QED) is 0.532. The lowest BCUT2D eigenvalue weighted by Crippen LogP contribution is -2.40. The van der Waals surface area contributed by atoms with Crippen LogP contribution in [0.15, 0.2) is 88.7 Å². The van der Waals surface area contributed by atoms with Crippen molar-refractivity contribution in [2.24, 2.45) is 5.92 Å². The lowest BCUT2D eigenvalue weighted by molar-refractivity contribution is 0.422. The van der Waals surface area contributed by atoms with E-state index in [0.717, 1.165) is 0 Å².